The lowest BCUT2D eigenvalue weighted by Gasteiger charge is -2.29. The summed E-state index contributed by atoms with van der Waals surface area (Å²) in [6, 6.07) is 7.04. The summed E-state index contributed by atoms with van der Waals surface area (Å²) < 4.78 is 28.7. The zero-order valence-corrected chi connectivity index (χ0v) is 18.7. The van der Waals surface area contributed by atoms with E-state index in [0.29, 0.717) is 10.4 Å². The summed E-state index contributed by atoms with van der Waals surface area (Å²) in [6.07, 6.45) is 5.08. The summed E-state index contributed by atoms with van der Waals surface area (Å²) in [6.45, 7) is 1.99. The Morgan fingerprint density at radius 1 is 1.11 bits per heavy atom. The Bertz CT molecular complexity index is 928. The van der Waals surface area contributed by atoms with Gasteiger partial charge in [0, 0.05) is 42.4 Å². The minimum absolute atomic E-state index is 0.0635. The normalized spacial score (nSPS) is 20.0. The van der Waals surface area contributed by atoms with Gasteiger partial charge in [-0.2, -0.15) is 4.98 Å². The van der Waals surface area contributed by atoms with E-state index in [-0.39, 0.29) is 17.0 Å². The number of rotatable bonds is 6. The van der Waals surface area contributed by atoms with Gasteiger partial charge in [0.15, 0.2) is 0 Å². The second-order valence-corrected chi connectivity index (χ2v) is 9.88. The van der Waals surface area contributed by atoms with Gasteiger partial charge in [-0.1, -0.05) is 12.1 Å². The number of benzene rings is 1. The van der Waals surface area contributed by atoms with Crippen LogP contribution in [0.1, 0.15) is 31.2 Å². The molecule has 1 heterocycles. The average Bonchev–Trinajstić information content (AvgIpc) is 2.64. The first-order valence-corrected chi connectivity index (χ1v) is 11.6. The SMILES string of the molecule is Cc1cnc(NC2CCC(NS(=O)(=O)c3ccccc3Br)CC2)nc1N(C)C. The van der Waals surface area contributed by atoms with Gasteiger partial charge in [-0.15, -0.1) is 0 Å². The molecule has 0 atom stereocenters. The number of aryl methyl sites for hydroxylation is 1. The fraction of sp³-hybridized carbons (Fsp3) is 0.474. The van der Waals surface area contributed by atoms with Crippen LogP contribution in [0.3, 0.4) is 0 Å². The van der Waals surface area contributed by atoms with E-state index in [1.165, 1.54) is 0 Å². The highest BCUT2D eigenvalue weighted by atomic mass is 79.9. The molecule has 0 spiro atoms. The van der Waals surface area contributed by atoms with Gasteiger partial charge >= 0.3 is 0 Å². The van der Waals surface area contributed by atoms with Crippen LogP contribution in [-0.2, 0) is 10.0 Å². The molecule has 1 fully saturated rings. The first kappa shape index (κ1) is 21.0. The molecule has 0 radical (unpaired) electrons. The Morgan fingerprint density at radius 3 is 2.39 bits per heavy atom. The molecule has 0 aliphatic heterocycles. The molecule has 1 aliphatic carbocycles. The van der Waals surface area contributed by atoms with E-state index in [9.17, 15) is 8.42 Å². The Hall–Kier alpha value is -1.71. The maximum Gasteiger partial charge on any atom is 0.241 e. The number of aromatic nitrogens is 2. The van der Waals surface area contributed by atoms with Crippen LogP contribution in [0.4, 0.5) is 11.8 Å². The van der Waals surface area contributed by atoms with Crippen LogP contribution in [0.25, 0.3) is 0 Å². The van der Waals surface area contributed by atoms with Crippen LogP contribution in [0.2, 0.25) is 0 Å². The molecule has 28 heavy (non-hydrogen) atoms. The van der Waals surface area contributed by atoms with E-state index in [4.69, 9.17) is 0 Å². The number of nitrogens with zero attached hydrogens (tertiary/aromatic N) is 3. The molecule has 9 heteroatoms. The molecule has 0 bridgehead atoms. The van der Waals surface area contributed by atoms with E-state index in [0.717, 1.165) is 37.1 Å². The third-order valence-electron chi connectivity index (χ3n) is 4.88. The van der Waals surface area contributed by atoms with Crippen molar-refractivity contribution >= 4 is 37.7 Å². The number of hydrogen-bond acceptors (Lipinski definition) is 6. The largest absolute Gasteiger partial charge is 0.362 e. The van der Waals surface area contributed by atoms with Crippen LogP contribution >= 0.6 is 15.9 Å². The highest BCUT2D eigenvalue weighted by Gasteiger charge is 2.27. The fourth-order valence-corrected chi connectivity index (χ4v) is 5.75. The standard InChI is InChI=1S/C19H26BrN5O2S/c1-13-12-21-19(23-18(13)25(2)3)22-14-8-10-15(11-9-14)24-28(26,27)17-7-5-4-6-16(17)20/h4-7,12,14-15,24H,8-11H2,1-3H3,(H,21,22,23). The van der Waals surface area contributed by atoms with Crippen LogP contribution in [0.15, 0.2) is 39.8 Å². The van der Waals surface area contributed by atoms with E-state index in [2.05, 4.69) is 35.9 Å². The fourth-order valence-electron chi connectivity index (χ4n) is 3.44. The molecule has 152 valence electrons. The molecule has 1 saturated carbocycles. The van der Waals surface area contributed by atoms with Gasteiger partial charge in [-0.3, -0.25) is 0 Å². The number of nitrogens with one attached hydrogen (secondary N) is 2. The lowest BCUT2D eigenvalue weighted by Crippen LogP contribution is -2.40. The van der Waals surface area contributed by atoms with E-state index in [1.807, 2.05) is 32.1 Å². The predicted molar refractivity (Wildman–Crippen MR) is 115 cm³/mol. The Balaban J connectivity index is 1.58. The lowest BCUT2D eigenvalue weighted by atomic mass is 9.92. The Kier molecular flexibility index (Phi) is 6.57. The highest BCUT2D eigenvalue weighted by molar-refractivity contribution is 9.10. The zero-order chi connectivity index (χ0) is 20.3. The van der Waals surface area contributed by atoms with Crippen molar-refractivity contribution in [2.45, 2.75) is 49.6 Å². The molecule has 2 N–H and O–H groups in total. The molecule has 1 aliphatic rings. The summed E-state index contributed by atoms with van der Waals surface area (Å²) in [5, 5.41) is 3.39. The second-order valence-electron chi connectivity index (χ2n) is 7.34. The smallest absolute Gasteiger partial charge is 0.241 e. The van der Waals surface area contributed by atoms with Gasteiger partial charge in [0.1, 0.15) is 5.82 Å². The lowest BCUT2D eigenvalue weighted by molar-refractivity contribution is 0.386. The molecule has 0 amide bonds. The number of anilines is 2. The van der Waals surface area contributed by atoms with Crippen molar-refractivity contribution in [1.29, 1.82) is 0 Å². The topological polar surface area (TPSA) is 87.2 Å². The monoisotopic (exact) mass is 467 g/mol. The van der Waals surface area contributed by atoms with Crippen LogP contribution in [0, 0.1) is 6.92 Å². The molecule has 0 unspecified atom stereocenters. The van der Waals surface area contributed by atoms with E-state index in [1.54, 1.807) is 24.3 Å². The molecular formula is C19H26BrN5O2S. The second kappa shape index (κ2) is 8.75. The van der Waals surface area contributed by atoms with Gasteiger partial charge in [0.05, 0.1) is 4.90 Å². The van der Waals surface area contributed by atoms with Crippen LogP contribution < -0.4 is 14.9 Å². The quantitative estimate of drug-likeness (QED) is 0.677. The third kappa shape index (κ3) is 5.01. The predicted octanol–water partition coefficient (Wildman–Crippen LogP) is 3.32. The molecule has 3 rings (SSSR count). The molecule has 1 aromatic heterocycles. The molecule has 7 nitrogen and oxygen atoms in total. The van der Waals surface area contributed by atoms with Crippen molar-refractivity contribution in [2.75, 3.05) is 24.3 Å². The minimum atomic E-state index is -3.53. The Morgan fingerprint density at radius 2 is 1.75 bits per heavy atom. The van der Waals surface area contributed by atoms with Gasteiger partial charge in [-0.25, -0.2) is 18.1 Å². The summed E-state index contributed by atoms with van der Waals surface area (Å²) in [5.74, 6) is 1.51. The van der Waals surface area contributed by atoms with Crippen molar-refractivity contribution in [3.63, 3.8) is 0 Å². The van der Waals surface area contributed by atoms with E-state index < -0.39 is 10.0 Å². The highest BCUT2D eigenvalue weighted by Crippen LogP contribution is 2.26. The van der Waals surface area contributed by atoms with Crippen LogP contribution in [-0.4, -0.2) is 44.6 Å². The van der Waals surface area contributed by atoms with Crippen molar-refractivity contribution in [3.05, 3.63) is 40.5 Å². The maximum atomic E-state index is 12.6. The number of halogens is 1. The molecule has 0 saturated heterocycles. The Labute approximate surface area is 175 Å². The van der Waals surface area contributed by atoms with Gasteiger partial charge < -0.3 is 10.2 Å². The third-order valence-corrected chi connectivity index (χ3v) is 7.41. The van der Waals surface area contributed by atoms with Crippen molar-refractivity contribution < 1.29 is 8.42 Å². The van der Waals surface area contributed by atoms with Crippen molar-refractivity contribution in [1.82, 2.24) is 14.7 Å². The number of hydrogen-bond donors (Lipinski definition) is 2. The molecule has 1 aromatic carbocycles. The van der Waals surface area contributed by atoms with Gasteiger partial charge in [-0.05, 0) is 60.7 Å². The maximum absolute atomic E-state index is 12.6. The summed E-state index contributed by atoms with van der Waals surface area (Å²) in [4.78, 5) is 11.2. The minimum Gasteiger partial charge on any atom is -0.362 e. The van der Waals surface area contributed by atoms with Gasteiger partial charge in [0.25, 0.3) is 0 Å². The van der Waals surface area contributed by atoms with Gasteiger partial charge in [0.2, 0.25) is 16.0 Å². The van der Waals surface area contributed by atoms with Crippen LogP contribution in [0.5, 0.6) is 0 Å². The average molecular weight is 468 g/mol. The number of sulfonamides is 1. The summed E-state index contributed by atoms with van der Waals surface area (Å²) in [7, 11) is 0.385. The van der Waals surface area contributed by atoms with Crippen molar-refractivity contribution in [2.24, 2.45) is 0 Å². The summed E-state index contributed by atoms with van der Waals surface area (Å²) >= 11 is 3.32. The van der Waals surface area contributed by atoms with E-state index >= 15 is 0 Å². The molecule has 2 aromatic rings. The zero-order valence-electron chi connectivity index (χ0n) is 16.3. The summed E-state index contributed by atoms with van der Waals surface area (Å²) in [5.41, 5.74) is 1.03. The van der Waals surface area contributed by atoms with Crippen molar-refractivity contribution in [3.8, 4) is 0 Å². The first-order valence-electron chi connectivity index (χ1n) is 9.30. The first-order chi connectivity index (χ1) is 13.3. The molecular weight excluding hydrogens is 442 g/mol.